The Labute approximate surface area is 157 Å². The van der Waals surface area contributed by atoms with E-state index in [1.807, 2.05) is 0 Å². The van der Waals surface area contributed by atoms with Gasteiger partial charge in [-0.15, -0.1) is 0 Å². The van der Waals surface area contributed by atoms with Crippen LogP contribution in [0.1, 0.15) is 25.1 Å². The molecular weight excluding hydrogens is 394 g/mol. The van der Waals surface area contributed by atoms with Crippen LogP contribution in [-0.4, -0.2) is 39.1 Å². The van der Waals surface area contributed by atoms with Gasteiger partial charge >= 0.3 is 6.18 Å². The van der Waals surface area contributed by atoms with Gasteiger partial charge in [0.15, 0.2) is 5.78 Å². The summed E-state index contributed by atoms with van der Waals surface area (Å²) >= 11 is 11.8. The first-order valence-corrected chi connectivity index (χ1v) is 8.78. The van der Waals surface area contributed by atoms with E-state index in [4.69, 9.17) is 23.2 Å². The van der Waals surface area contributed by atoms with Crippen molar-refractivity contribution in [2.24, 2.45) is 0 Å². The maximum atomic E-state index is 13.3. The highest BCUT2D eigenvalue weighted by atomic mass is 35.5. The molecule has 2 atom stereocenters. The minimum absolute atomic E-state index is 0.00958. The van der Waals surface area contributed by atoms with Crippen molar-refractivity contribution in [2.45, 2.75) is 44.1 Å². The molecule has 2 N–H and O–H groups in total. The number of hydrogen-bond donors (Lipinski definition) is 2. The lowest BCUT2D eigenvalue weighted by Gasteiger charge is -2.28. The van der Waals surface area contributed by atoms with Crippen molar-refractivity contribution in [3.8, 4) is 0 Å². The molecule has 5 nitrogen and oxygen atoms in total. The van der Waals surface area contributed by atoms with Crippen LogP contribution in [0.15, 0.2) is 12.1 Å². The number of nitrogens with zero attached hydrogens (tertiary/aromatic N) is 2. The molecule has 26 heavy (non-hydrogen) atoms. The summed E-state index contributed by atoms with van der Waals surface area (Å²) in [6, 6.07) is 2.04. The third-order valence-electron chi connectivity index (χ3n) is 4.37. The summed E-state index contributed by atoms with van der Waals surface area (Å²) in [5.41, 5.74) is 0.0903. The van der Waals surface area contributed by atoms with Crippen LogP contribution in [0.4, 0.5) is 13.2 Å². The summed E-state index contributed by atoms with van der Waals surface area (Å²) in [6.45, 7) is 0.138. The number of nitrogens with one attached hydrogen (secondary N) is 1. The van der Waals surface area contributed by atoms with E-state index < -0.39 is 36.5 Å². The first kappa shape index (κ1) is 19.4. The fourth-order valence-corrected chi connectivity index (χ4v) is 3.44. The Morgan fingerprint density at radius 2 is 2.04 bits per heavy atom. The van der Waals surface area contributed by atoms with Crippen molar-refractivity contribution < 1.29 is 23.1 Å². The topological polar surface area (TPSA) is 67.2 Å². The number of aliphatic hydroxyl groups excluding tert-OH is 1. The molecule has 1 saturated heterocycles. The van der Waals surface area contributed by atoms with E-state index in [-0.39, 0.29) is 27.5 Å². The van der Waals surface area contributed by atoms with Crippen LogP contribution in [0.5, 0.6) is 0 Å². The second-order valence-corrected chi connectivity index (χ2v) is 7.10. The van der Waals surface area contributed by atoms with E-state index in [2.05, 4.69) is 10.3 Å². The molecule has 0 radical (unpaired) electrons. The Balaban J connectivity index is 1.92. The number of imidazole rings is 1. The van der Waals surface area contributed by atoms with E-state index >= 15 is 0 Å². The van der Waals surface area contributed by atoms with Crippen molar-refractivity contribution in [3.63, 3.8) is 0 Å². The number of aliphatic hydroxyl groups is 1. The molecule has 0 bridgehead atoms. The molecule has 1 aliphatic heterocycles. The Morgan fingerprint density at radius 1 is 1.35 bits per heavy atom. The first-order valence-electron chi connectivity index (χ1n) is 8.02. The number of carbonyl (C=O) groups excluding carboxylic acids is 1. The zero-order valence-corrected chi connectivity index (χ0v) is 15.0. The fourth-order valence-electron chi connectivity index (χ4n) is 3.13. The highest BCUT2D eigenvalue weighted by molar-refractivity contribution is 6.42. The summed E-state index contributed by atoms with van der Waals surface area (Å²) in [4.78, 5) is 16.0. The number of halogens is 5. The van der Waals surface area contributed by atoms with Crippen molar-refractivity contribution in [3.05, 3.63) is 28.0 Å². The van der Waals surface area contributed by atoms with Gasteiger partial charge in [0.2, 0.25) is 5.82 Å². The van der Waals surface area contributed by atoms with Crippen LogP contribution < -0.4 is 5.32 Å². The van der Waals surface area contributed by atoms with Crippen LogP contribution in [0, 0.1) is 0 Å². The van der Waals surface area contributed by atoms with E-state index in [9.17, 15) is 23.1 Å². The third kappa shape index (κ3) is 3.98. The molecule has 10 heteroatoms. The van der Waals surface area contributed by atoms with Gasteiger partial charge in [-0.2, -0.15) is 13.2 Å². The molecule has 0 unspecified atom stereocenters. The predicted octanol–water partition coefficient (Wildman–Crippen LogP) is 3.43. The molecule has 2 aromatic rings. The number of ketones is 1. The van der Waals surface area contributed by atoms with Gasteiger partial charge in [-0.05, 0) is 31.5 Å². The molecule has 1 aromatic carbocycles. The lowest BCUT2D eigenvalue weighted by atomic mass is 9.97. The van der Waals surface area contributed by atoms with Gasteiger partial charge in [-0.3, -0.25) is 4.79 Å². The minimum atomic E-state index is -4.74. The number of alkyl halides is 3. The molecule has 0 spiro atoms. The average molecular weight is 410 g/mol. The summed E-state index contributed by atoms with van der Waals surface area (Å²) in [6.07, 6.45) is -4.15. The standard InChI is InChI=1S/C16H16Cl2F3N3O2/c17-9-5-11-13(6-10(9)18)24(15(23-11)16(19,20)21)7-8(25)4-12-14(26)2-1-3-22-12/h5-6,12,14,22,26H,1-4,7H2/t12-,14+/m1/s1. The number of piperidine rings is 1. The van der Waals surface area contributed by atoms with Crippen molar-refractivity contribution in [2.75, 3.05) is 6.54 Å². The Kier molecular flexibility index (Phi) is 5.48. The molecule has 0 aliphatic carbocycles. The smallest absolute Gasteiger partial charge is 0.391 e. The van der Waals surface area contributed by atoms with Gasteiger partial charge in [0.05, 0.1) is 33.7 Å². The zero-order chi connectivity index (χ0) is 19.1. The number of rotatable bonds is 4. The molecule has 0 saturated carbocycles. The number of hydrogen-bond acceptors (Lipinski definition) is 4. The summed E-state index contributed by atoms with van der Waals surface area (Å²) < 4.78 is 40.8. The number of carbonyl (C=O) groups is 1. The molecule has 3 rings (SSSR count). The molecule has 2 heterocycles. The number of fused-ring (bicyclic) bond motifs is 1. The molecule has 1 aliphatic rings. The van der Waals surface area contributed by atoms with E-state index in [1.165, 1.54) is 12.1 Å². The molecule has 0 amide bonds. The van der Waals surface area contributed by atoms with Crippen LogP contribution >= 0.6 is 23.2 Å². The number of aromatic nitrogens is 2. The Morgan fingerprint density at radius 3 is 2.69 bits per heavy atom. The van der Waals surface area contributed by atoms with Crippen molar-refractivity contribution in [1.82, 2.24) is 14.9 Å². The van der Waals surface area contributed by atoms with E-state index in [1.54, 1.807) is 0 Å². The SMILES string of the molecule is O=C(C[C@H]1NCCC[C@@H]1O)Cn1c(C(F)(F)F)nc2cc(Cl)c(Cl)cc21. The van der Waals surface area contributed by atoms with Gasteiger partial charge in [0, 0.05) is 12.5 Å². The fraction of sp³-hybridized carbons (Fsp3) is 0.500. The summed E-state index contributed by atoms with van der Waals surface area (Å²) in [7, 11) is 0. The highest BCUT2D eigenvalue weighted by Crippen LogP contribution is 2.34. The third-order valence-corrected chi connectivity index (χ3v) is 5.10. The lowest BCUT2D eigenvalue weighted by molar-refractivity contribution is -0.147. The van der Waals surface area contributed by atoms with Gasteiger partial charge in [0.25, 0.3) is 0 Å². The summed E-state index contributed by atoms with van der Waals surface area (Å²) in [5, 5.41) is 13.1. The quantitative estimate of drug-likeness (QED) is 0.811. The van der Waals surface area contributed by atoms with Gasteiger partial charge in [-0.1, -0.05) is 23.2 Å². The van der Waals surface area contributed by atoms with Gasteiger partial charge < -0.3 is 15.0 Å². The van der Waals surface area contributed by atoms with E-state index in [0.717, 1.165) is 11.0 Å². The second-order valence-electron chi connectivity index (χ2n) is 6.29. The molecular formula is C16H16Cl2F3N3O2. The van der Waals surface area contributed by atoms with Crippen LogP contribution in [0.3, 0.4) is 0 Å². The maximum absolute atomic E-state index is 13.3. The first-order chi connectivity index (χ1) is 12.2. The monoisotopic (exact) mass is 409 g/mol. The Hall–Kier alpha value is -1.35. The van der Waals surface area contributed by atoms with E-state index in [0.29, 0.717) is 13.0 Å². The second kappa shape index (κ2) is 7.34. The van der Waals surface area contributed by atoms with Gasteiger partial charge in [0.1, 0.15) is 0 Å². The normalized spacial score (nSPS) is 21.3. The number of benzene rings is 1. The molecule has 142 valence electrons. The summed E-state index contributed by atoms with van der Waals surface area (Å²) in [5.74, 6) is -1.63. The molecule has 1 aromatic heterocycles. The Bertz CT molecular complexity index is 838. The van der Waals surface area contributed by atoms with Crippen molar-refractivity contribution in [1.29, 1.82) is 0 Å². The van der Waals surface area contributed by atoms with Gasteiger partial charge in [-0.25, -0.2) is 4.98 Å². The molecule has 1 fully saturated rings. The largest absolute Gasteiger partial charge is 0.449 e. The average Bonchev–Trinajstić information content (AvgIpc) is 2.88. The van der Waals surface area contributed by atoms with Crippen LogP contribution in [0.25, 0.3) is 11.0 Å². The van der Waals surface area contributed by atoms with Crippen LogP contribution in [-0.2, 0) is 17.5 Å². The van der Waals surface area contributed by atoms with Crippen molar-refractivity contribution >= 4 is 40.0 Å². The van der Waals surface area contributed by atoms with Crippen LogP contribution in [0.2, 0.25) is 10.0 Å². The zero-order valence-electron chi connectivity index (χ0n) is 13.5. The minimum Gasteiger partial charge on any atom is -0.391 e. The maximum Gasteiger partial charge on any atom is 0.449 e. The lowest BCUT2D eigenvalue weighted by Crippen LogP contribution is -2.46. The predicted molar refractivity (Wildman–Crippen MR) is 91.4 cm³/mol. The highest BCUT2D eigenvalue weighted by Gasteiger charge is 2.38. The number of Topliss-reactive ketones (excluding diaryl/α,β-unsaturated/α-hetero) is 1.